The highest BCUT2D eigenvalue weighted by Crippen LogP contribution is 2.19. The van der Waals surface area contributed by atoms with Gasteiger partial charge in [0.25, 0.3) is 5.69 Å². The molecular weight excluding hydrogens is 204 g/mol. The molecule has 1 atom stereocenters. The van der Waals surface area contributed by atoms with E-state index in [1.165, 1.54) is 18.3 Å². The van der Waals surface area contributed by atoms with E-state index in [1.54, 1.807) is 0 Å². The van der Waals surface area contributed by atoms with E-state index in [2.05, 4.69) is 15.4 Å². The first-order valence-electron chi connectivity index (χ1n) is 5.57. The number of pyridine rings is 1. The Morgan fingerprint density at radius 1 is 1.50 bits per heavy atom. The number of hydrogen-bond acceptors (Lipinski definition) is 2. The molecule has 1 aromatic rings. The molecule has 16 heavy (non-hydrogen) atoms. The summed E-state index contributed by atoms with van der Waals surface area (Å²) in [6, 6.07) is 6.14. The van der Waals surface area contributed by atoms with Crippen molar-refractivity contribution < 1.29 is 18.9 Å². The van der Waals surface area contributed by atoms with Crippen molar-refractivity contribution in [2.24, 2.45) is 0 Å². The molecule has 0 N–H and O–H groups in total. The van der Waals surface area contributed by atoms with Crippen LogP contribution >= 0.6 is 0 Å². The number of rotatable bonds is 1. The molecule has 0 aliphatic carbocycles. The van der Waals surface area contributed by atoms with E-state index < -0.39 is 0 Å². The van der Waals surface area contributed by atoms with Gasteiger partial charge in [-0.2, -0.15) is 0 Å². The molecule has 0 radical (unpaired) electrons. The average molecular weight is 218 g/mol. The Morgan fingerprint density at radius 2 is 2.38 bits per heavy atom. The summed E-state index contributed by atoms with van der Waals surface area (Å²) >= 11 is 0. The second-order valence-corrected chi connectivity index (χ2v) is 4.23. The molecule has 0 amide bonds. The molecule has 1 aromatic heterocycles. The fraction of sp³-hybridized carbons (Fsp3) is 0.417. The molecule has 0 saturated carbocycles. The number of carbonyl (C=O) groups excluding carboxylic acids is 1. The van der Waals surface area contributed by atoms with Gasteiger partial charge in [-0.1, -0.05) is 0 Å². The van der Waals surface area contributed by atoms with Crippen molar-refractivity contribution in [1.82, 2.24) is 0 Å². The van der Waals surface area contributed by atoms with Crippen LogP contribution in [0.25, 0.3) is 0 Å². The van der Waals surface area contributed by atoms with Gasteiger partial charge >= 0.3 is 12.2 Å². The second kappa shape index (κ2) is 3.40. The minimum atomic E-state index is -0.212. The molecule has 4 nitrogen and oxygen atoms in total. The van der Waals surface area contributed by atoms with Crippen molar-refractivity contribution in [1.29, 1.82) is 0 Å². The van der Waals surface area contributed by atoms with Crippen molar-refractivity contribution in [3.8, 4) is 0 Å². The van der Waals surface area contributed by atoms with Crippen LogP contribution in [0.3, 0.4) is 0 Å². The monoisotopic (exact) mass is 218 g/mol. The van der Waals surface area contributed by atoms with Crippen LogP contribution in [0.1, 0.15) is 25.5 Å². The van der Waals surface area contributed by atoms with E-state index in [4.69, 9.17) is 4.74 Å². The predicted molar refractivity (Wildman–Crippen MR) is 55.8 cm³/mol. The Hall–Kier alpha value is -1.71. The van der Waals surface area contributed by atoms with Crippen LogP contribution in [0, 0.1) is 0 Å². The third-order valence-corrected chi connectivity index (χ3v) is 3.12. The first-order chi connectivity index (χ1) is 7.75. The molecule has 2 aliphatic heterocycles. The molecular formula is C12H14N2O2+2. The summed E-state index contributed by atoms with van der Waals surface area (Å²) in [5.74, 6) is -0.212. The van der Waals surface area contributed by atoms with E-state index in [1.807, 2.05) is 18.3 Å². The summed E-state index contributed by atoms with van der Waals surface area (Å²) in [6.07, 6.45) is 4.78. The smallest absolute Gasteiger partial charge is 0.362 e. The standard InChI is InChI=1S/C12H14N2O2/c1-9(15)16-12-6-5-11-8-10-4-2-3-7-13(10)14(11)12/h2-4,7,12H,5-6,8H2,1H3/q+2. The highest BCUT2D eigenvalue weighted by molar-refractivity contribution is 5.83. The summed E-state index contributed by atoms with van der Waals surface area (Å²) in [6.45, 7) is 1.46. The lowest BCUT2D eigenvalue weighted by molar-refractivity contribution is -1.22. The third kappa shape index (κ3) is 1.33. The zero-order valence-corrected chi connectivity index (χ0v) is 9.22. The van der Waals surface area contributed by atoms with E-state index in [-0.39, 0.29) is 12.2 Å². The number of nitrogens with zero attached hydrogens (tertiary/aromatic N) is 2. The fourth-order valence-electron chi connectivity index (χ4n) is 2.52. The lowest BCUT2D eigenvalue weighted by atomic mass is 10.1. The van der Waals surface area contributed by atoms with Crippen molar-refractivity contribution in [3.05, 3.63) is 30.1 Å². The minimum absolute atomic E-state index is 0.124. The first-order valence-corrected chi connectivity index (χ1v) is 5.57. The maximum atomic E-state index is 11.0. The molecule has 4 heteroatoms. The van der Waals surface area contributed by atoms with Crippen LogP contribution < -0.4 is 4.68 Å². The van der Waals surface area contributed by atoms with E-state index in [0.717, 1.165) is 19.3 Å². The second-order valence-electron chi connectivity index (χ2n) is 4.23. The maximum absolute atomic E-state index is 11.0. The molecule has 1 unspecified atom stereocenters. The van der Waals surface area contributed by atoms with Crippen LogP contribution in [0.5, 0.6) is 0 Å². The third-order valence-electron chi connectivity index (χ3n) is 3.12. The largest absolute Gasteiger partial charge is 0.398 e. The zero-order valence-electron chi connectivity index (χ0n) is 9.22. The van der Waals surface area contributed by atoms with Crippen molar-refractivity contribution >= 4 is 11.7 Å². The highest BCUT2D eigenvalue weighted by atomic mass is 16.6. The van der Waals surface area contributed by atoms with Gasteiger partial charge in [0.1, 0.15) is 6.42 Å². The summed E-state index contributed by atoms with van der Waals surface area (Å²) in [4.78, 5) is 11.0. The van der Waals surface area contributed by atoms with Crippen LogP contribution in [-0.4, -0.2) is 22.6 Å². The molecule has 0 fully saturated rings. The normalized spacial score (nSPS) is 21.9. The van der Waals surface area contributed by atoms with Gasteiger partial charge in [-0.25, -0.2) is 0 Å². The molecule has 0 aromatic carbocycles. The Balaban J connectivity index is 1.98. The van der Waals surface area contributed by atoms with Crippen molar-refractivity contribution in [2.45, 2.75) is 32.4 Å². The lowest BCUT2D eigenvalue weighted by Gasteiger charge is -2.03. The van der Waals surface area contributed by atoms with Gasteiger partial charge in [0, 0.05) is 25.5 Å². The van der Waals surface area contributed by atoms with Gasteiger partial charge in [-0.05, 0) is 6.07 Å². The quantitative estimate of drug-likeness (QED) is 0.506. The average Bonchev–Trinajstić information content (AvgIpc) is 2.77. The molecule has 2 aliphatic rings. The van der Waals surface area contributed by atoms with E-state index >= 15 is 0 Å². The number of esters is 1. The van der Waals surface area contributed by atoms with Crippen LogP contribution in [0.15, 0.2) is 24.4 Å². The van der Waals surface area contributed by atoms with Gasteiger partial charge in [-0.3, -0.25) is 4.79 Å². The predicted octanol–water partition coefficient (Wildman–Crippen LogP) is 0.430. The Bertz CT molecular complexity index is 494. The van der Waals surface area contributed by atoms with Crippen molar-refractivity contribution in [3.63, 3.8) is 0 Å². The maximum Gasteiger partial charge on any atom is 0.362 e. The van der Waals surface area contributed by atoms with Crippen LogP contribution in [0.4, 0.5) is 0 Å². The highest BCUT2D eigenvalue weighted by Gasteiger charge is 2.49. The van der Waals surface area contributed by atoms with Gasteiger partial charge < -0.3 is 4.74 Å². The van der Waals surface area contributed by atoms with E-state index in [9.17, 15) is 4.79 Å². The van der Waals surface area contributed by atoms with Gasteiger partial charge in [0.15, 0.2) is 0 Å². The zero-order chi connectivity index (χ0) is 11.1. The van der Waals surface area contributed by atoms with Crippen molar-refractivity contribution in [2.75, 3.05) is 0 Å². The minimum Gasteiger partial charge on any atom is -0.398 e. The summed E-state index contributed by atoms with van der Waals surface area (Å²) in [7, 11) is 0. The summed E-state index contributed by atoms with van der Waals surface area (Å²) in [5, 5.41) is 0. The number of carbonyl (C=O) groups is 1. The van der Waals surface area contributed by atoms with E-state index in [0.29, 0.717) is 0 Å². The number of hydrogen-bond donors (Lipinski definition) is 0. The van der Waals surface area contributed by atoms with Gasteiger partial charge in [-0.15, -0.1) is 0 Å². The topological polar surface area (TPSA) is 33.2 Å². The molecule has 0 spiro atoms. The molecule has 0 bridgehead atoms. The molecule has 82 valence electrons. The van der Waals surface area contributed by atoms with Crippen LogP contribution in [0.2, 0.25) is 0 Å². The lowest BCUT2D eigenvalue weighted by Crippen LogP contribution is -2.51. The molecule has 3 heterocycles. The first kappa shape index (κ1) is 9.51. The molecule has 0 saturated heterocycles. The SMILES string of the molecule is CC(=O)OC1CCC2=[N+]1[n+]1ccccc1C2. The Labute approximate surface area is 93.8 Å². The fourth-order valence-corrected chi connectivity index (χ4v) is 2.52. The molecule has 3 rings (SSSR count). The van der Waals surface area contributed by atoms with Gasteiger partial charge in [0.2, 0.25) is 11.9 Å². The number of aromatic nitrogens is 1. The number of ether oxygens (including phenoxy) is 1. The Kier molecular flexibility index (Phi) is 2.02. The number of fused-ring (bicyclic) bond motifs is 2. The Morgan fingerprint density at radius 3 is 3.19 bits per heavy atom. The van der Waals surface area contributed by atoms with Crippen LogP contribution in [-0.2, 0) is 16.0 Å². The summed E-state index contributed by atoms with van der Waals surface area (Å²) < 4.78 is 9.53. The van der Waals surface area contributed by atoms with Gasteiger partial charge in [0.05, 0.1) is 15.8 Å². The summed E-state index contributed by atoms with van der Waals surface area (Å²) in [5.41, 5.74) is 2.60.